The van der Waals surface area contributed by atoms with Crippen LogP contribution in [0.1, 0.15) is 73.6 Å². The molecule has 18 heavy (non-hydrogen) atoms. The lowest BCUT2D eigenvalue weighted by Gasteiger charge is -2.40. The van der Waals surface area contributed by atoms with E-state index >= 15 is 0 Å². The third kappa shape index (κ3) is 6.19. The summed E-state index contributed by atoms with van der Waals surface area (Å²) in [4.78, 5) is 0. The lowest BCUT2D eigenvalue weighted by Crippen LogP contribution is -2.42. The zero-order chi connectivity index (χ0) is 13.9. The molecule has 0 amide bonds. The van der Waals surface area contributed by atoms with Gasteiger partial charge in [-0.05, 0) is 23.7 Å². The van der Waals surface area contributed by atoms with Crippen LogP contribution in [0.3, 0.4) is 0 Å². The molecule has 0 heterocycles. The fourth-order valence-electron chi connectivity index (χ4n) is 2.12. The van der Waals surface area contributed by atoms with E-state index in [2.05, 4.69) is 41.5 Å². The molecule has 0 bridgehead atoms. The van der Waals surface area contributed by atoms with Gasteiger partial charge < -0.3 is 9.47 Å². The Kier molecular flexibility index (Phi) is 5.25. The van der Waals surface area contributed by atoms with E-state index in [4.69, 9.17) is 9.47 Å². The van der Waals surface area contributed by atoms with Crippen LogP contribution in [0.15, 0.2) is 0 Å². The molecule has 1 aliphatic rings. The van der Waals surface area contributed by atoms with Crippen LogP contribution < -0.4 is 0 Å². The molecule has 0 spiro atoms. The van der Waals surface area contributed by atoms with Gasteiger partial charge in [0.15, 0.2) is 5.79 Å². The summed E-state index contributed by atoms with van der Waals surface area (Å²) in [5, 5.41) is 0. The van der Waals surface area contributed by atoms with Crippen LogP contribution in [-0.4, -0.2) is 19.0 Å². The molecule has 1 saturated carbocycles. The highest BCUT2D eigenvalue weighted by molar-refractivity contribution is 4.78. The first-order valence-corrected chi connectivity index (χ1v) is 7.40. The highest BCUT2D eigenvalue weighted by Gasteiger charge is 2.36. The van der Waals surface area contributed by atoms with Crippen LogP contribution >= 0.6 is 0 Å². The van der Waals surface area contributed by atoms with Gasteiger partial charge in [-0.15, -0.1) is 0 Å². The van der Waals surface area contributed by atoms with Crippen molar-refractivity contribution in [2.75, 3.05) is 13.2 Å². The van der Waals surface area contributed by atoms with Gasteiger partial charge in [0.2, 0.25) is 0 Å². The van der Waals surface area contributed by atoms with Crippen LogP contribution in [0, 0.1) is 10.8 Å². The largest absolute Gasteiger partial charge is 0.349 e. The standard InChI is InChI=1S/C16H32O2/c1-14(2,3)12-17-16(10-8-7-9-11-16)18-13-15(4,5)6/h7-13H2,1-6H3. The second-order valence-electron chi connectivity index (χ2n) is 8.17. The minimum Gasteiger partial charge on any atom is -0.349 e. The summed E-state index contributed by atoms with van der Waals surface area (Å²) < 4.78 is 12.4. The molecule has 1 fully saturated rings. The van der Waals surface area contributed by atoms with E-state index in [1.54, 1.807) is 0 Å². The molecular formula is C16H32O2. The Bertz CT molecular complexity index is 219. The van der Waals surface area contributed by atoms with Crippen molar-refractivity contribution < 1.29 is 9.47 Å². The Balaban J connectivity index is 2.57. The highest BCUT2D eigenvalue weighted by atomic mass is 16.7. The molecule has 108 valence electrons. The summed E-state index contributed by atoms with van der Waals surface area (Å²) in [6, 6.07) is 0. The van der Waals surface area contributed by atoms with Crippen molar-refractivity contribution in [3.63, 3.8) is 0 Å². The van der Waals surface area contributed by atoms with Gasteiger partial charge in [-0.2, -0.15) is 0 Å². The lowest BCUT2D eigenvalue weighted by atomic mass is 9.92. The minimum atomic E-state index is -0.307. The summed E-state index contributed by atoms with van der Waals surface area (Å²) in [5.74, 6) is -0.307. The van der Waals surface area contributed by atoms with Crippen LogP contribution in [0.2, 0.25) is 0 Å². The quantitative estimate of drug-likeness (QED) is 0.674. The normalized spacial score (nSPS) is 21.0. The van der Waals surface area contributed by atoms with Crippen LogP contribution in [0.4, 0.5) is 0 Å². The highest BCUT2D eigenvalue weighted by Crippen LogP contribution is 2.35. The molecule has 1 rings (SSSR count). The fourth-order valence-corrected chi connectivity index (χ4v) is 2.12. The van der Waals surface area contributed by atoms with Crippen LogP contribution in [-0.2, 0) is 9.47 Å². The number of hydrogen-bond acceptors (Lipinski definition) is 2. The van der Waals surface area contributed by atoms with E-state index in [9.17, 15) is 0 Å². The van der Waals surface area contributed by atoms with Crippen molar-refractivity contribution in [2.24, 2.45) is 10.8 Å². The smallest absolute Gasteiger partial charge is 0.168 e. The zero-order valence-electron chi connectivity index (χ0n) is 13.3. The number of hydrogen-bond donors (Lipinski definition) is 0. The first-order chi connectivity index (χ1) is 8.12. The minimum absolute atomic E-state index is 0.204. The second kappa shape index (κ2) is 5.92. The van der Waals surface area contributed by atoms with Crippen molar-refractivity contribution in [1.82, 2.24) is 0 Å². The molecule has 0 aromatic rings. The van der Waals surface area contributed by atoms with Gasteiger partial charge in [-0.1, -0.05) is 48.0 Å². The van der Waals surface area contributed by atoms with E-state index in [-0.39, 0.29) is 16.6 Å². The molecule has 1 aliphatic carbocycles. The first-order valence-electron chi connectivity index (χ1n) is 7.40. The average molecular weight is 256 g/mol. The van der Waals surface area contributed by atoms with Crippen molar-refractivity contribution in [2.45, 2.75) is 79.4 Å². The predicted molar refractivity (Wildman–Crippen MR) is 76.6 cm³/mol. The molecule has 0 aliphatic heterocycles. The van der Waals surface area contributed by atoms with Crippen molar-refractivity contribution in [3.8, 4) is 0 Å². The van der Waals surface area contributed by atoms with Crippen molar-refractivity contribution in [1.29, 1.82) is 0 Å². The van der Waals surface area contributed by atoms with E-state index in [1.165, 1.54) is 19.3 Å². The first kappa shape index (κ1) is 16.0. The summed E-state index contributed by atoms with van der Waals surface area (Å²) in [6.45, 7) is 14.8. The zero-order valence-corrected chi connectivity index (χ0v) is 13.3. The maximum absolute atomic E-state index is 6.21. The van der Waals surface area contributed by atoms with E-state index in [0.29, 0.717) is 0 Å². The summed E-state index contributed by atoms with van der Waals surface area (Å²) in [6.07, 6.45) is 5.89. The molecule has 0 atom stereocenters. The molecule has 2 heteroatoms. The molecule has 2 nitrogen and oxygen atoms in total. The Morgan fingerprint density at radius 2 is 1.11 bits per heavy atom. The maximum Gasteiger partial charge on any atom is 0.168 e. The molecule has 0 aromatic carbocycles. The maximum atomic E-state index is 6.21. The van der Waals surface area contributed by atoms with E-state index < -0.39 is 0 Å². The van der Waals surface area contributed by atoms with Gasteiger partial charge in [-0.3, -0.25) is 0 Å². The molecule has 0 N–H and O–H groups in total. The predicted octanol–water partition coefficient (Wildman–Crippen LogP) is 4.77. The average Bonchev–Trinajstić information content (AvgIpc) is 2.24. The summed E-state index contributed by atoms with van der Waals surface area (Å²) in [5.41, 5.74) is 0.408. The molecule has 0 aromatic heterocycles. The summed E-state index contributed by atoms with van der Waals surface area (Å²) in [7, 11) is 0. The van der Waals surface area contributed by atoms with Gasteiger partial charge in [-0.25, -0.2) is 0 Å². The van der Waals surface area contributed by atoms with Crippen molar-refractivity contribution >= 4 is 0 Å². The van der Waals surface area contributed by atoms with Crippen molar-refractivity contribution in [3.05, 3.63) is 0 Å². The monoisotopic (exact) mass is 256 g/mol. The van der Waals surface area contributed by atoms with Gasteiger partial charge in [0, 0.05) is 12.8 Å². The number of ether oxygens (including phenoxy) is 2. The van der Waals surface area contributed by atoms with Gasteiger partial charge >= 0.3 is 0 Å². The molecule has 0 unspecified atom stereocenters. The van der Waals surface area contributed by atoms with Crippen LogP contribution in [0.25, 0.3) is 0 Å². The Morgan fingerprint density at radius 1 is 0.722 bits per heavy atom. The lowest BCUT2D eigenvalue weighted by molar-refractivity contribution is -0.269. The van der Waals surface area contributed by atoms with Gasteiger partial charge in [0.25, 0.3) is 0 Å². The summed E-state index contributed by atoms with van der Waals surface area (Å²) >= 11 is 0. The van der Waals surface area contributed by atoms with E-state index in [1.807, 2.05) is 0 Å². The molecular weight excluding hydrogens is 224 g/mol. The Hall–Kier alpha value is -0.0800. The third-order valence-electron chi connectivity index (χ3n) is 3.15. The van der Waals surface area contributed by atoms with Gasteiger partial charge in [0.1, 0.15) is 0 Å². The molecule has 0 radical (unpaired) electrons. The SMILES string of the molecule is CC(C)(C)COC1(OCC(C)(C)C)CCCCC1. The Morgan fingerprint density at radius 3 is 1.44 bits per heavy atom. The topological polar surface area (TPSA) is 18.5 Å². The fraction of sp³-hybridized carbons (Fsp3) is 1.00. The molecule has 0 saturated heterocycles. The second-order valence-corrected chi connectivity index (χ2v) is 8.17. The van der Waals surface area contributed by atoms with Gasteiger partial charge in [0.05, 0.1) is 13.2 Å². The Labute approximate surface area is 113 Å². The number of rotatable bonds is 4. The van der Waals surface area contributed by atoms with E-state index in [0.717, 1.165) is 26.1 Å². The third-order valence-corrected chi connectivity index (χ3v) is 3.15. The van der Waals surface area contributed by atoms with Crippen LogP contribution in [0.5, 0.6) is 0 Å².